The first-order chi connectivity index (χ1) is 9.15. The van der Waals surface area contributed by atoms with Gasteiger partial charge in [0.1, 0.15) is 0 Å². The Kier molecular flexibility index (Phi) is 4.53. The van der Waals surface area contributed by atoms with Crippen molar-refractivity contribution in [3.8, 4) is 0 Å². The minimum absolute atomic E-state index is 0.481. The third-order valence-corrected chi connectivity index (χ3v) is 3.20. The molecule has 3 nitrogen and oxygen atoms in total. The number of nitrogens with zero attached hydrogens (tertiary/aromatic N) is 2. The molecule has 0 bridgehead atoms. The molecule has 2 N–H and O–H groups in total. The molecule has 0 aliphatic rings. The maximum absolute atomic E-state index is 5.84. The SMILES string of the molecule is CC(C)N(Cc1ccncc1)Cc1cccc(N)c1. The van der Waals surface area contributed by atoms with Crippen LogP contribution in [0.2, 0.25) is 0 Å². The molecule has 2 rings (SSSR count). The van der Waals surface area contributed by atoms with Crippen LogP contribution in [-0.4, -0.2) is 15.9 Å². The molecule has 0 aliphatic carbocycles. The zero-order chi connectivity index (χ0) is 13.7. The molecule has 1 aromatic heterocycles. The third kappa shape index (κ3) is 4.07. The maximum atomic E-state index is 5.84. The lowest BCUT2D eigenvalue weighted by Crippen LogP contribution is -2.29. The van der Waals surface area contributed by atoms with Gasteiger partial charge in [0.25, 0.3) is 0 Å². The van der Waals surface area contributed by atoms with E-state index in [0.717, 1.165) is 18.8 Å². The summed E-state index contributed by atoms with van der Waals surface area (Å²) in [4.78, 5) is 6.48. The molecule has 0 aliphatic heterocycles. The Morgan fingerprint density at radius 2 is 1.74 bits per heavy atom. The average Bonchev–Trinajstić information content (AvgIpc) is 2.39. The Morgan fingerprint density at radius 3 is 2.37 bits per heavy atom. The zero-order valence-electron chi connectivity index (χ0n) is 11.6. The second kappa shape index (κ2) is 6.34. The lowest BCUT2D eigenvalue weighted by Gasteiger charge is -2.26. The van der Waals surface area contributed by atoms with Gasteiger partial charge in [-0.05, 0) is 49.2 Å². The van der Waals surface area contributed by atoms with Crippen molar-refractivity contribution in [2.45, 2.75) is 33.0 Å². The molecule has 3 heteroatoms. The van der Waals surface area contributed by atoms with Crippen LogP contribution in [0.5, 0.6) is 0 Å². The molecule has 0 fully saturated rings. The summed E-state index contributed by atoms with van der Waals surface area (Å²) in [6, 6.07) is 12.7. The monoisotopic (exact) mass is 255 g/mol. The van der Waals surface area contributed by atoms with Crippen LogP contribution in [-0.2, 0) is 13.1 Å². The van der Waals surface area contributed by atoms with Gasteiger partial charge in [-0.2, -0.15) is 0 Å². The number of nitrogens with two attached hydrogens (primary N) is 1. The van der Waals surface area contributed by atoms with Gasteiger partial charge in [0, 0.05) is 37.2 Å². The molecule has 0 radical (unpaired) electrons. The van der Waals surface area contributed by atoms with Crippen molar-refractivity contribution in [1.29, 1.82) is 0 Å². The second-order valence-electron chi connectivity index (χ2n) is 5.10. The van der Waals surface area contributed by atoms with E-state index >= 15 is 0 Å². The molecule has 2 aromatic rings. The number of aromatic nitrogens is 1. The van der Waals surface area contributed by atoms with Gasteiger partial charge in [-0.15, -0.1) is 0 Å². The van der Waals surface area contributed by atoms with Gasteiger partial charge < -0.3 is 5.73 Å². The van der Waals surface area contributed by atoms with Gasteiger partial charge in [0.05, 0.1) is 0 Å². The molecular formula is C16H21N3. The lowest BCUT2D eigenvalue weighted by atomic mass is 10.1. The highest BCUT2D eigenvalue weighted by atomic mass is 15.1. The molecule has 0 unspecified atom stereocenters. The van der Waals surface area contributed by atoms with E-state index in [9.17, 15) is 0 Å². The topological polar surface area (TPSA) is 42.2 Å². The molecule has 0 spiro atoms. The summed E-state index contributed by atoms with van der Waals surface area (Å²) in [5.74, 6) is 0. The van der Waals surface area contributed by atoms with Gasteiger partial charge in [0.2, 0.25) is 0 Å². The van der Waals surface area contributed by atoms with E-state index in [0.29, 0.717) is 6.04 Å². The van der Waals surface area contributed by atoms with Gasteiger partial charge in [-0.25, -0.2) is 0 Å². The predicted molar refractivity (Wildman–Crippen MR) is 79.5 cm³/mol. The van der Waals surface area contributed by atoms with Crippen molar-refractivity contribution in [3.63, 3.8) is 0 Å². The second-order valence-corrected chi connectivity index (χ2v) is 5.10. The minimum atomic E-state index is 0.481. The van der Waals surface area contributed by atoms with Crippen LogP contribution in [0.4, 0.5) is 5.69 Å². The van der Waals surface area contributed by atoms with Gasteiger partial charge in [-0.3, -0.25) is 9.88 Å². The van der Waals surface area contributed by atoms with Gasteiger partial charge in [0.15, 0.2) is 0 Å². The number of rotatable bonds is 5. The molecular weight excluding hydrogens is 234 g/mol. The fraction of sp³-hybridized carbons (Fsp3) is 0.312. The van der Waals surface area contributed by atoms with Crippen molar-refractivity contribution in [2.24, 2.45) is 0 Å². The van der Waals surface area contributed by atoms with Crippen LogP contribution >= 0.6 is 0 Å². The molecule has 100 valence electrons. The molecule has 0 amide bonds. The van der Waals surface area contributed by atoms with E-state index < -0.39 is 0 Å². The Labute approximate surface area is 115 Å². The number of hydrogen-bond acceptors (Lipinski definition) is 3. The summed E-state index contributed by atoms with van der Waals surface area (Å²) in [7, 11) is 0. The van der Waals surface area contributed by atoms with Crippen LogP contribution in [0, 0.1) is 0 Å². The molecule has 1 heterocycles. The quantitative estimate of drug-likeness (QED) is 0.835. The van der Waals surface area contributed by atoms with Crippen LogP contribution in [0.1, 0.15) is 25.0 Å². The van der Waals surface area contributed by atoms with E-state index in [1.54, 1.807) is 0 Å². The largest absolute Gasteiger partial charge is 0.399 e. The summed E-state index contributed by atoms with van der Waals surface area (Å²) in [6.07, 6.45) is 3.68. The van der Waals surface area contributed by atoms with Crippen molar-refractivity contribution >= 4 is 5.69 Å². The highest BCUT2D eigenvalue weighted by Gasteiger charge is 2.11. The van der Waals surface area contributed by atoms with Gasteiger partial charge >= 0.3 is 0 Å². The standard InChI is InChI=1S/C16H21N3/c1-13(2)19(11-14-6-8-18-9-7-14)12-15-4-3-5-16(17)10-15/h3-10,13H,11-12,17H2,1-2H3. The molecule has 19 heavy (non-hydrogen) atoms. The van der Waals surface area contributed by atoms with Crippen molar-refractivity contribution in [3.05, 3.63) is 59.9 Å². The Morgan fingerprint density at radius 1 is 1.05 bits per heavy atom. The van der Waals surface area contributed by atoms with Crippen LogP contribution in [0.15, 0.2) is 48.8 Å². The number of nitrogen functional groups attached to an aromatic ring is 1. The highest BCUT2D eigenvalue weighted by Crippen LogP contribution is 2.14. The number of benzene rings is 1. The van der Waals surface area contributed by atoms with E-state index in [2.05, 4.69) is 41.9 Å². The van der Waals surface area contributed by atoms with Crippen LogP contribution < -0.4 is 5.73 Å². The van der Waals surface area contributed by atoms with Crippen molar-refractivity contribution < 1.29 is 0 Å². The van der Waals surface area contributed by atoms with E-state index in [4.69, 9.17) is 5.73 Å². The summed E-state index contributed by atoms with van der Waals surface area (Å²) >= 11 is 0. The molecule has 0 atom stereocenters. The first-order valence-electron chi connectivity index (χ1n) is 6.62. The lowest BCUT2D eigenvalue weighted by molar-refractivity contribution is 0.203. The Bertz CT molecular complexity index is 508. The first-order valence-corrected chi connectivity index (χ1v) is 6.62. The number of hydrogen-bond donors (Lipinski definition) is 1. The summed E-state index contributed by atoms with van der Waals surface area (Å²) in [5.41, 5.74) is 9.20. The van der Waals surface area contributed by atoms with Crippen LogP contribution in [0.3, 0.4) is 0 Å². The van der Waals surface area contributed by atoms with Crippen molar-refractivity contribution in [2.75, 3.05) is 5.73 Å². The summed E-state index contributed by atoms with van der Waals surface area (Å²) in [6.45, 7) is 6.26. The fourth-order valence-corrected chi connectivity index (χ4v) is 2.07. The normalized spacial score (nSPS) is 11.2. The summed E-state index contributed by atoms with van der Waals surface area (Å²) in [5, 5.41) is 0. The molecule has 0 saturated carbocycles. The van der Waals surface area contributed by atoms with E-state index in [1.165, 1.54) is 11.1 Å². The Balaban J connectivity index is 2.08. The summed E-state index contributed by atoms with van der Waals surface area (Å²) < 4.78 is 0. The number of pyridine rings is 1. The first kappa shape index (κ1) is 13.6. The van der Waals surface area contributed by atoms with Gasteiger partial charge in [-0.1, -0.05) is 12.1 Å². The molecule has 1 aromatic carbocycles. The minimum Gasteiger partial charge on any atom is -0.399 e. The highest BCUT2D eigenvalue weighted by molar-refractivity contribution is 5.40. The van der Waals surface area contributed by atoms with E-state index in [1.807, 2.05) is 30.6 Å². The Hall–Kier alpha value is -1.87. The fourth-order valence-electron chi connectivity index (χ4n) is 2.07. The maximum Gasteiger partial charge on any atom is 0.0317 e. The van der Waals surface area contributed by atoms with Crippen molar-refractivity contribution in [1.82, 2.24) is 9.88 Å². The third-order valence-electron chi connectivity index (χ3n) is 3.20. The predicted octanol–water partition coefficient (Wildman–Crippen LogP) is 3.07. The smallest absolute Gasteiger partial charge is 0.0317 e. The zero-order valence-corrected chi connectivity index (χ0v) is 11.6. The average molecular weight is 255 g/mol. The van der Waals surface area contributed by atoms with Crippen LogP contribution in [0.25, 0.3) is 0 Å². The number of anilines is 1. The van der Waals surface area contributed by atoms with E-state index in [-0.39, 0.29) is 0 Å². The molecule has 0 saturated heterocycles.